The van der Waals surface area contributed by atoms with E-state index < -0.39 is 5.41 Å². The van der Waals surface area contributed by atoms with Crippen LogP contribution < -0.4 is 5.73 Å². The van der Waals surface area contributed by atoms with Gasteiger partial charge in [0.25, 0.3) is 0 Å². The van der Waals surface area contributed by atoms with Crippen LogP contribution in [0.4, 0.5) is 5.82 Å². The molecule has 0 atom stereocenters. The van der Waals surface area contributed by atoms with Crippen LogP contribution in [0.3, 0.4) is 0 Å². The molecule has 1 aromatic rings. The predicted octanol–water partition coefficient (Wildman–Crippen LogP) is 1.23. The number of nitrogens with zero attached hydrogens (tertiary/aromatic N) is 2. The van der Waals surface area contributed by atoms with E-state index in [1.807, 2.05) is 20.8 Å². The summed E-state index contributed by atoms with van der Waals surface area (Å²) in [4.78, 5) is 11.8. The van der Waals surface area contributed by atoms with Crippen molar-refractivity contribution < 1.29 is 4.79 Å². The number of rotatable bonds is 1. The van der Waals surface area contributed by atoms with Crippen LogP contribution in [0.2, 0.25) is 0 Å². The maximum atomic E-state index is 11.8. The summed E-state index contributed by atoms with van der Waals surface area (Å²) in [6.45, 7) is 5.59. The van der Waals surface area contributed by atoms with Gasteiger partial charge in [-0.25, -0.2) is 0 Å². The summed E-state index contributed by atoms with van der Waals surface area (Å²) in [6, 6.07) is 0. The third kappa shape index (κ3) is 1.71. The average molecular weight is 181 g/mol. The normalized spacial score (nSPS) is 11.7. The molecule has 0 radical (unpaired) electrons. The molecule has 0 spiro atoms. The zero-order valence-electron chi connectivity index (χ0n) is 8.46. The number of nitrogen functional groups attached to an aromatic ring is 1. The molecule has 1 aromatic heterocycles. The lowest BCUT2D eigenvalue weighted by molar-refractivity contribution is 0.0859. The molecule has 0 unspecified atom stereocenters. The fourth-order valence-corrected chi connectivity index (χ4v) is 1.03. The van der Waals surface area contributed by atoms with E-state index in [0.717, 1.165) is 0 Å². The number of anilines is 1. The van der Waals surface area contributed by atoms with Crippen molar-refractivity contribution in [2.75, 3.05) is 5.73 Å². The number of carbonyl (C=O) groups excluding carboxylic acids is 1. The Bertz CT molecular complexity index is 333. The molecule has 0 saturated heterocycles. The Morgan fingerprint density at radius 1 is 1.54 bits per heavy atom. The van der Waals surface area contributed by atoms with Gasteiger partial charge in [0.15, 0.2) is 5.78 Å². The monoisotopic (exact) mass is 181 g/mol. The molecule has 72 valence electrons. The predicted molar refractivity (Wildman–Crippen MR) is 51.4 cm³/mol. The minimum Gasteiger partial charge on any atom is -0.383 e. The number of nitrogens with two attached hydrogens (primary N) is 1. The highest BCUT2D eigenvalue weighted by atomic mass is 16.1. The number of aromatic nitrogens is 2. The number of carbonyl (C=O) groups is 1. The summed E-state index contributed by atoms with van der Waals surface area (Å²) in [5, 5.41) is 3.92. The SMILES string of the molecule is Cn1ncc(C(=O)C(C)(C)C)c1N. The standard InChI is InChI=1S/C9H15N3O/c1-9(2,3)7(13)6-5-11-12(4)8(6)10/h5H,10H2,1-4H3. The fraction of sp³-hybridized carbons (Fsp3) is 0.556. The largest absolute Gasteiger partial charge is 0.383 e. The highest BCUT2D eigenvalue weighted by Crippen LogP contribution is 2.23. The van der Waals surface area contributed by atoms with Gasteiger partial charge in [-0.05, 0) is 0 Å². The fourth-order valence-electron chi connectivity index (χ4n) is 1.03. The summed E-state index contributed by atoms with van der Waals surface area (Å²) < 4.78 is 1.50. The van der Waals surface area contributed by atoms with E-state index in [2.05, 4.69) is 5.10 Å². The maximum Gasteiger partial charge on any atom is 0.173 e. The Morgan fingerprint density at radius 2 is 2.08 bits per heavy atom. The van der Waals surface area contributed by atoms with E-state index in [0.29, 0.717) is 11.4 Å². The van der Waals surface area contributed by atoms with Crippen molar-refractivity contribution in [2.45, 2.75) is 20.8 Å². The summed E-state index contributed by atoms with van der Waals surface area (Å²) in [5.74, 6) is 0.457. The van der Waals surface area contributed by atoms with E-state index in [-0.39, 0.29) is 5.78 Å². The average Bonchev–Trinajstić information content (AvgIpc) is 2.30. The van der Waals surface area contributed by atoms with E-state index in [9.17, 15) is 4.79 Å². The molecule has 0 amide bonds. The first-order valence-corrected chi connectivity index (χ1v) is 4.16. The second-order valence-electron chi connectivity index (χ2n) is 4.15. The zero-order valence-corrected chi connectivity index (χ0v) is 8.46. The molecule has 0 aromatic carbocycles. The first-order chi connectivity index (χ1) is 5.84. The van der Waals surface area contributed by atoms with Crippen molar-refractivity contribution in [2.24, 2.45) is 12.5 Å². The van der Waals surface area contributed by atoms with Gasteiger partial charge < -0.3 is 5.73 Å². The molecule has 1 heterocycles. The summed E-state index contributed by atoms with van der Waals surface area (Å²) in [6.07, 6.45) is 1.52. The Kier molecular flexibility index (Phi) is 2.15. The van der Waals surface area contributed by atoms with Crippen molar-refractivity contribution >= 4 is 11.6 Å². The second-order valence-corrected chi connectivity index (χ2v) is 4.15. The van der Waals surface area contributed by atoms with Gasteiger partial charge >= 0.3 is 0 Å². The lowest BCUT2D eigenvalue weighted by atomic mass is 9.87. The minimum atomic E-state index is -0.406. The molecule has 4 nitrogen and oxygen atoms in total. The topological polar surface area (TPSA) is 60.9 Å². The molecule has 0 aliphatic rings. The van der Waals surface area contributed by atoms with E-state index in [1.54, 1.807) is 7.05 Å². The Labute approximate surface area is 77.7 Å². The van der Waals surface area contributed by atoms with Crippen molar-refractivity contribution in [3.63, 3.8) is 0 Å². The number of Topliss-reactive ketones (excluding diaryl/α,β-unsaturated/α-hetero) is 1. The Hall–Kier alpha value is -1.32. The number of ketones is 1. The molecule has 1 rings (SSSR count). The lowest BCUT2D eigenvalue weighted by Crippen LogP contribution is -2.21. The molecule has 0 aliphatic heterocycles. The van der Waals surface area contributed by atoms with Gasteiger partial charge in [-0.1, -0.05) is 20.8 Å². The van der Waals surface area contributed by atoms with Crippen molar-refractivity contribution in [1.82, 2.24) is 9.78 Å². The highest BCUT2D eigenvalue weighted by molar-refractivity contribution is 6.03. The molecule has 2 N–H and O–H groups in total. The van der Waals surface area contributed by atoms with Crippen LogP contribution in [0.15, 0.2) is 6.20 Å². The van der Waals surface area contributed by atoms with Gasteiger partial charge in [0.05, 0.1) is 11.8 Å². The smallest absolute Gasteiger partial charge is 0.173 e. The molecule has 0 bridgehead atoms. The van der Waals surface area contributed by atoms with Gasteiger partial charge in [0.1, 0.15) is 5.82 Å². The minimum absolute atomic E-state index is 0.0260. The first kappa shape index (κ1) is 9.77. The molecule has 0 saturated carbocycles. The van der Waals surface area contributed by atoms with Gasteiger partial charge in [0.2, 0.25) is 0 Å². The molecule has 0 fully saturated rings. The third-order valence-electron chi connectivity index (χ3n) is 1.91. The molecule has 0 aliphatic carbocycles. The van der Waals surface area contributed by atoms with Crippen LogP contribution in [0.5, 0.6) is 0 Å². The van der Waals surface area contributed by atoms with Gasteiger partial charge in [-0.15, -0.1) is 0 Å². The van der Waals surface area contributed by atoms with Crippen molar-refractivity contribution in [3.05, 3.63) is 11.8 Å². The van der Waals surface area contributed by atoms with E-state index in [4.69, 9.17) is 5.73 Å². The third-order valence-corrected chi connectivity index (χ3v) is 1.91. The Morgan fingerprint density at radius 3 is 2.38 bits per heavy atom. The van der Waals surface area contributed by atoms with Crippen LogP contribution in [0, 0.1) is 5.41 Å². The molecule has 13 heavy (non-hydrogen) atoms. The van der Waals surface area contributed by atoms with E-state index in [1.165, 1.54) is 10.9 Å². The van der Waals surface area contributed by atoms with Gasteiger partial charge in [-0.2, -0.15) is 5.10 Å². The van der Waals surface area contributed by atoms with Crippen LogP contribution in [0.25, 0.3) is 0 Å². The molecule has 4 heteroatoms. The second kappa shape index (κ2) is 2.87. The van der Waals surface area contributed by atoms with Crippen molar-refractivity contribution in [3.8, 4) is 0 Å². The summed E-state index contributed by atoms with van der Waals surface area (Å²) in [7, 11) is 1.72. The van der Waals surface area contributed by atoms with Gasteiger partial charge in [-0.3, -0.25) is 9.48 Å². The van der Waals surface area contributed by atoms with Gasteiger partial charge in [0, 0.05) is 12.5 Å². The quantitative estimate of drug-likeness (QED) is 0.663. The summed E-state index contributed by atoms with van der Waals surface area (Å²) in [5.41, 5.74) is 5.78. The maximum absolute atomic E-state index is 11.8. The lowest BCUT2D eigenvalue weighted by Gasteiger charge is -2.15. The van der Waals surface area contributed by atoms with Crippen LogP contribution in [-0.4, -0.2) is 15.6 Å². The number of hydrogen-bond donors (Lipinski definition) is 1. The number of aryl methyl sites for hydroxylation is 1. The van der Waals surface area contributed by atoms with E-state index >= 15 is 0 Å². The molecular weight excluding hydrogens is 166 g/mol. The zero-order chi connectivity index (χ0) is 10.2. The van der Waals surface area contributed by atoms with Crippen LogP contribution >= 0.6 is 0 Å². The first-order valence-electron chi connectivity index (χ1n) is 4.16. The summed E-state index contributed by atoms with van der Waals surface area (Å²) >= 11 is 0. The highest BCUT2D eigenvalue weighted by Gasteiger charge is 2.26. The molecular formula is C9H15N3O. The number of hydrogen-bond acceptors (Lipinski definition) is 3. The van der Waals surface area contributed by atoms with Crippen LogP contribution in [-0.2, 0) is 7.05 Å². The van der Waals surface area contributed by atoms with Crippen LogP contribution in [0.1, 0.15) is 31.1 Å². The van der Waals surface area contributed by atoms with Crippen molar-refractivity contribution in [1.29, 1.82) is 0 Å². The Balaban J connectivity index is 3.10.